The molecule has 4 aromatic carbocycles. The Kier molecular flexibility index (Phi) is 8.29. The van der Waals surface area contributed by atoms with Gasteiger partial charge in [-0.3, -0.25) is 0 Å². The third-order valence-corrected chi connectivity index (χ3v) is 7.75. The van der Waals surface area contributed by atoms with E-state index in [0.29, 0.717) is 6.42 Å². The maximum Gasteiger partial charge on any atom is 0.174 e. The van der Waals surface area contributed by atoms with Crippen LogP contribution in [0.1, 0.15) is 19.8 Å². The van der Waals surface area contributed by atoms with E-state index in [1.54, 1.807) is 0 Å². The second-order valence-corrected chi connectivity index (χ2v) is 10.5. The summed E-state index contributed by atoms with van der Waals surface area (Å²) in [5.41, 5.74) is 0. The fraction of sp³-hybridized carbons (Fsp3) is 0.154. The Labute approximate surface area is 187 Å². The van der Waals surface area contributed by atoms with Gasteiger partial charge in [-0.05, 0) is 48.2 Å². The second kappa shape index (κ2) is 11.1. The molecule has 0 fully saturated rings. The molecule has 0 unspecified atom stereocenters. The van der Waals surface area contributed by atoms with Crippen molar-refractivity contribution in [1.82, 2.24) is 0 Å². The van der Waals surface area contributed by atoms with E-state index in [1.807, 2.05) is 6.92 Å². The molecule has 0 N–H and O–H groups in total. The first-order valence-corrected chi connectivity index (χ1v) is 13.1. The van der Waals surface area contributed by atoms with Crippen LogP contribution in [0, 0.1) is 0 Å². The summed E-state index contributed by atoms with van der Waals surface area (Å²) in [6.07, 6.45) is 1.23. The van der Waals surface area contributed by atoms with Crippen LogP contribution in [0.25, 0.3) is 10.8 Å². The minimum Gasteiger partial charge on any atom is -0.748 e. The molecule has 3 nitrogen and oxygen atoms in total. The minimum atomic E-state index is -3.94. The molecule has 0 spiro atoms. The summed E-state index contributed by atoms with van der Waals surface area (Å²) in [5.74, 6) is -0.219. The van der Waals surface area contributed by atoms with Gasteiger partial charge in [0.15, 0.2) is 14.7 Å². The molecule has 0 aliphatic heterocycles. The molecule has 4 rings (SSSR count). The Bertz CT molecular complexity index is 1150. The number of hydrogen-bond donors (Lipinski definition) is 0. The van der Waals surface area contributed by atoms with E-state index in [0.717, 1.165) is 6.42 Å². The smallest absolute Gasteiger partial charge is 0.174 e. The molecule has 0 heterocycles. The molecule has 4 aromatic rings. The molecule has 0 amide bonds. The number of unbranched alkanes of at least 4 members (excludes halogenated alkanes) is 1. The first kappa shape index (κ1) is 23.1. The summed E-state index contributed by atoms with van der Waals surface area (Å²) in [4.78, 5) is 4.10. The minimum absolute atomic E-state index is 0.0892. The van der Waals surface area contributed by atoms with Crippen LogP contribution in [-0.2, 0) is 21.0 Å². The fourth-order valence-corrected chi connectivity index (χ4v) is 6.10. The van der Waals surface area contributed by atoms with E-state index in [9.17, 15) is 13.0 Å². The Morgan fingerprint density at radius 3 is 1.74 bits per heavy atom. The van der Waals surface area contributed by atoms with Gasteiger partial charge in [0.05, 0.1) is 21.0 Å². The molecular formula is C26H26O3S2. The van der Waals surface area contributed by atoms with Crippen molar-refractivity contribution in [2.75, 3.05) is 5.75 Å². The van der Waals surface area contributed by atoms with Crippen molar-refractivity contribution in [3.63, 3.8) is 0 Å². The van der Waals surface area contributed by atoms with Crippen LogP contribution in [0.3, 0.4) is 0 Å². The largest absolute Gasteiger partial charge is 0.748 e. The molecule has 31 heavy (non-hydrogen) atoms. The van der Waals surface area contributed by atoms with Crippen molar-refractivity contribution in [3.05, 3.63) is 103 Å². The number of fused-ring (bicyclic) bond motifs is 1. The lowest BCUT2D eigenvalue weighted by Gasteiger charge is -2.10. The van der Waals surface area contributed by atoms with Crippen molar-refractivity contribution in [2.45, 2.75) is 34.5 Å². The van der Waals surface area contributed by atoms with E-state index in [4.69, 9.17) is 0 Å². The van der Waals surface area contributed by atoms with E-state index in [1.165, 1.54) is 25.5 Å². The van der Waals surface area contributed by atoms with E-state index in [2.05, 4.69) is 103 Å². The molecule has 0 aromatic heterocycles. The summed E-state index contributed by atoms with van der Waals surface area (Å²) >= 11 is 0. The highest BCUT2D eigenvalue weighted by Crippen LogP contribution is 2.35. The van der Waals surface area contributed by atoms with Crippen molar-refractivity contribution >= 4 is 31.8 Å². The number of benzene rings is 4. The number of hydrogen-bond acceptors (Lipinski definition) is 3. The predicted octanol–water partition coefficient (Wildman–Crippen LogP) is 6.27. The Hall–Kier alpha value is -2.60. The average Bonchev–Trinajstić information content (AvgIpc) is 2.79. The normalized spacial score (nSPS) is 11.2. The topological polar surface area (TPSA) is 57.2 Å². The summed E-state index contributed by atoms with van der Waals surface area (Å²) in [6, 6.07) is 36.9. The van der Waals surface area contributed by atoms with Gasteiger partial charge in [0, 0.05) is 11.1 Å². The standard InChI is InChI=1S/C22H17S.C4H10O3S/c1-3-12-19(13-4-1)23(20-14-5-2-6-15-20)22-17-9-11-18-10-7-8-16-21(18)22;1-2-3-4-8(5,6)7/h1-17H;2-4H2,1H3,(H,5,6,7)/q+1;/p-1. The lowest BCUT2D eigenvalue weighted by molar-refractivity contribution is 0.461. The predicted molar refractivity (Wildman–Crippen MR) is 128 cm³/mol. The molecule has 0 aliphatic rings. The SMILES string of the molecule is CCCCS(=O)(=O)[O-].c1ccc([S+](c2ccccc2)c2cccc3ccccc23)cc1. The van der Waals surface area contributed by atoms with E-state index in [-0.39, 0.29) is 16.6 Å². The summed E-state index contributed by atoms with van der Waals surface area (Å²) in [6.45, 7) is 1.84. The third kappa shape index (κ3) is 6.69. The third-order valence-electron chi connectivity index (χ3n) is 4.68. The van der Waals surface area contributed by atoms with Crippen molar-refractivity contribution in [3.8, 4) is 0 Å². The summed E-state index contributed by atoms with van der Waals surface area (Å²) in [7, 11) is -4.03. The van der Waals surface area contributed by atoms with E-state index < -0.39 is 10.1 Å². The van der Waals surface area contributed by atoms with Crippen LogP contribution in [0.15, 0.2) is 118 Å². The van der Waals surface area contributed by atoms with Gasteiger partial charge >= 0.3 is 0 Å². The van der Waals surface area contributed by atoms with Gasteiger partial charge in [-0.15, -0.1) is 0 Å². The van der Waals surface area contributed by atoms with Crippen molar-refractivity contribution in [2.24, 2.45) is 0 Å². The second-order valence-electron chi connectivity index (χ2n) is 7.02. The lowest BCUT2D eigenvalue weighted by Crippen LogP contribution is -2.05. The quantitative estimate of drug-likeness (QED) is 0.257. The van der Waals surface area contributed by atoms with Gasteiger partial charge in [-0.25, -0.2) is 8.42 Å². The van der Waals surface area contributed by atoms with Crippen LogP contribution in [0.5, 0.6) is 0 Å². The highest BCUT2D eigenvalue weighted by Gasteiger charge is 2.29. The first-order valence-electron chi connectivity index (χ1n) is 10.3. The van der Waals surface area contributed by atoms with Gasteiger partial charge in [0.2, 0.25) is 0 Å². The van der Waals surface area contributed by atoms with Gasteiger partial charge < -0.3 is 4.55 Å². The molecule has 5 heteroatoms. The Morgan fingerprint density at radius 1 is 0.710 bits per heavy atom. The highest BCUT2D eigenvalue weighted by molar-refractivity contribution is 7.97. The van der Waals surface area contributed by atoms with Gasteiger partial charge in [0.1, 0.15) is 0 Å². The van der Waals surface area contributed by atoms with Crippen LogP contribution in [0.4, 0.5) is 0 Å². The first-order chi connectivity index (χ1) is 15.0. The zero-order valence-corrected chi connectivity index (χ0v) is 19.1. The summed E-state index contributed by atoms with van der Waals surface area (Å²) in [5, 5.41) is 2.64. The molecule has 0 saturated heterocycles. The molecular weight excluding hydrogens is 424 g/mol. The van der Waals surface area contributed by atoms with E-state index >= 15 is 0 Å². The molecule has 0 bridgehead atoms. The Balaban J connectivity index is 0.000000293. The zero-order chi connectivity index (χ0) is 22.1. The Morgan fingerprint density at radius 2 is 1.23 bits per heavy atom. The lowest BCUT2D eigenvalue weighted by atomic mass is 10.1. The monoisotopic (exact) mass is 450 g/mol. The molecule has 0 aliphatic carbocycles. The molecule has 0 atom stereocenters. The average molecular weight is 451 g/mol. The zero-order valence-electron chi connectivity index (χ0n) is 17.5. The van der Waals surface area contributed by atoms with Crippen LogP contribution in [0.2, 0.25) is 0 Å². The summed E-state index contributed by atoms with van der Waals surface area (Å²) < 4.78 is 29.5. The van der Waals surface area contributed by atoms with Crippen LogP contribution >= 0.6 is 0 Å². The van der Waals surface area contributed by atoms with Crippen LogP contribution in [-0.4, -0.2) is 18.7 Å². The van der Waals surface area contributed by atoms with Crippen LogP contribution < -0.4 is 0 Å². The fourth-order valence-electron chi connectivity index (χ4n) is 3.20. The maximum atomic E-state index is 9.83. The number of rotatable bonds is 6. The van der Waals surface area contributed by atoms with Gasteiger partial charge in [-0.1, -0.05) is 80.1 Å². The van der Waals surface area contributed by atoms with Crippen molar-refractivity contribution < 1.29 is 13.0 Å². The molecule has 0 radical (unpaired) electrons. The highest BCUT2D eigenvalue weighted by atomic mass is 32.2. The maximum absolute atomic E-state index is 9.83. The van der Waals surface area contributed by atoms with Gasteiger partial charge in [-0.2, -0.15) is 0 Å². The van der Waals surface area contributed by atoms with Gasteiger partial charge in [0.25, 0.3) is 0 Å². The van der Waals surface area contributed by atoms with Crippen molar-refractivity contribution in [1.29, 1.82) is 0 Å². The molecule has 0 saturated carbocycles. The molecule has 160 valence electrons.